The van der Waals surface area contributed by atoms with E-state index in [0.29, 0.717) is 51.3 Å². The van der Waals surface area contributed by atoms with Crippen LogP contribution in [0.4, 0.5) is 0 Å². The molecule has 39 heavy (non-hydrogen) atoms. The molecular weight excluding hydrogens is 506 g/mol. The van der Waals surface area contributed by atoms with Crippen LogP contribution >= 0.6 is 0 Å². The van der Waals surface area contributed by atoms with E-state index in [2.05, 4.69) is 10.6 Å². The fourth-order valence-electron chi connectivity index (χ4n) is 4.96. The van der Waals surface area contributed by atoms with Crippen LogP contribution in [-0.2, 0) is 39.8 Å². The second-order valence-corrected chi connectivity index (χ2v) is 9.98. The van der Waals surface area contributed by atoms with Crippen LogP contribution in [0.15, 0.2) is 24.3 Å². The van der Waals surface area contributed by atoms with E-state index in [1.165, 1.54) is 4.90 Å². The maximum atomic E-state index is 13.4. The summed E-state index contributed by atoms with van der Waals surface area (Å²) in [5.41, 5.74) is -0.261. The molecule has 1 atom stereocenters. The molecule has 1 unspecified atom stereocenters. The standard InChI is InChI=1S/C28H41N3O8/c1-3-38-27(35)28(10-5-13-36-2)17-21-6-4-7-23(16-21)39-19-25(33)29-11-12-31(18-24(32)30-20-28)26(34)22-8-14-37-15-9-22/h4,6-7,16,22H,3,5,8-15,17-20H2,1-2H3,(H,29,33)(H,30,32). The summed E-state index contributed by atoms with van der Waals surface area (Å²) < 4.78 is 21.8. The van der Waals surface area contributed by atoms with Crippen molar-refractivity contribution in [2.24, 2.45) is 11.3 Å². The largest absolute Gasteiger partial charge is 0.484 e. The summed E-state index contributed by atoms with van der Waals surface area (Å²) in [5, 5.41) is 5.67. The van der Waals surface area contributed by atoms with Crippen LogP contribution in [0.3, 0.4) is 0 Å². The number of ether oxygens (including phenoxy) is 4. The van der Waals surface area contributed by atoms with Crippen molar-refractivity contribution in [3.63, 3.8) is 0 Å². The highest BCUT2D eigenvalue weighted by Gasteiger charge is 2.40. The van der Waals surface area contributed by atoms with E-state index in [-0.39, 0.29) is 69.5 Å². The number of nitrogens with zero attached hydrogens (tertiary/aromatic N) is 1. The van der Waals surface area contributed by atoms with Crippen molar-refractivity contribution >= 4 is 23.7 Å². The fraction of sp³-hybridized carbons (Fsp3) is 0.643. The van der Waals surface area contributed by atoms with Gasteiger partial charge in [0.1, 0.15) is 5.75 Å². The third-order valence-corrected chi connectivity index (χ3v) is 7.07. The predicted molar refractivity (Wildman–Crippen MR) is 142 cm³/mol. The van der Waals surface area contributed by atoms with Crippen LogP contribution in [0.1, 0.15) is 38.2 Å². The van der Waals surface area contributed by atoms with Crippen LogP contribution in [0, 0.1) is 11.3 Å². The van der Waals surface area contributed by atoms with Gasteiger partial charge < -0.3 is 34.5 Å². The summed E-state index contributed by atoms with van der Waals surface area (Å²) in [7, 11) is 1.60. The van der Waals surface area contributed by atoms with E-state index >= 15 is 0 Å². The van der Waals surface area contributed by atoms with Crippen LogP contribution in [0.2, 0.25) is 0 Å². The Kier molecular flexibility index (Phi) is 12.0. The van der Waals surface area contributed by atoms with Gasteiger partial charge in [0.15, 0.2) is 6.61 Å². The molecule has 11 nitrogen and oxygen atoms in total. The quantitative estimate of drug-likeness (QED) is 0.383. The lowest BCUT2D eigenvalue weighted by Gasteiger charge is -2.33. The Morgan fingerprint density at radius 2 is 1.95 bits per heavy atom. The molecule has 1 fully saturated rings. The number of nitrogens with one attached hydrogen (secondary N) is 2. The van der Waals surface area contributed by atoms with Crippen molar-refractivity contribution < 1.29 is 38.1 Å². The van der Waals surface area contributed by atoms with Gasteiger partial charge >= 0.3 is 5.97 Å². The fourth-order valence-corrected chi connectivity index (χ4v) is 4.96. The number of carbonyl (C=O) groups is 4. The Bertz CT molecular complexity index is 981. The van der Waals surface area contributed by atoms with Gasteiger partial charge in [-0.05, 0) is 56.7 Å². The second-order valence-electron chi connectivity index (χ2n) is 9.98. The van der Waals surface area contributed by atoms with Gasteiger partial charge in [-0.15, -0.1) is 0 Å². The van der Waals surface area contributed by atoms with E-state index in [0.717, 1.165) is 5.56 Å². The third-order valence-electron chi connectivity index (χ3n) is 7.07. The summed E-state index contributed by atoms with van der Waals surface area (Å²) >= 11 is 0. The molecule has 0 saturated carbocycles. The number of amides is 3. The summed E-state index contributed by atoms with van der Waals surface area (Å²) in [4.78, 5) is 53.8. The number of benzene rings is 1. The van der Waals surface area contributed by atoms with Crippen molar-refractivity contribution in [1.29, 1.82) is 0 Å². The number of esters is 1. The number of rotatable bonds is 7. The average Bonchev–Trinajstić information content (AvgIpc) is 2.94. The van der Waals surface area contributed by atoms with Crippen molar-refractivity contribution in [3.05, 3.63) is 29.8 Å². The normalized spacial score (nSPS) is 21.8. The van der Waals surface area contributed by atoms with Gasteiger partial charge in [-0.2, -0.15) is 0 Å². The molecule has 2 aliphatic heterocycles. The minimum atomic E-state index is -1.06. The van der Waals surface area contributed by atoms with Gasteiger partial charge in [0.05, 0.1) is 18.6 Å². The predicted octanol–water partition coefficient (Wildman–Crippen LogP) is 1.09. The van der Waals surface area contributed by atoms with E-state index in [1.807, 2.05) is 6.07 Å². The molecule has 2 N–H and O–H groups in total. The van der Waals surface area contributed by atoms with Gasteiger partial charge in [0.25, 0.3) is 5.91 Å². The highest BCUT2D eigenvalue weighted by atomic mass is 16.5. The second kappa shape index (κ2) is 15.4. The highest BCUT2D eigenvalue weighted by Crippen LogP contribution is 2.32. The molecule has 2 aliphatic rings. The maximum absolute atomic E-state index is 13.4. The van der Waals surface area contributed by atoms with Crippen LogP contribution in [0.25, 0.3) is 0 Å². The summed E-state index contributed by atoms with van der Waals surface area (Å²) in [5.74, 6) is -1.03. The maximum Gasteiger partial charge on any atom is 0.314 e. The van der Waals surface area contributed by atoms with Crippen LogP contribution < -0.4 is 15.4 Å². The lowest BCUT2D eigenvalue weighted by atomic mass is 9.77. The van der Waals surface area contributed by atoms with Crippen molar-refractivity contribution in [2.45, 2.75) is 39.0 Å². The number of fused-ring (bicyclic) bond motifs is 2. The molecule has 3 rings (SSSR count). The first-order valence-electron chi connectivity index (χ1n) is 13.6. The Labute approximate surface area is 229 Å². The molecule has 0 aliphatic carbocycles. The number of hydrogen-bond acceptors (Lipinski definition) is 8. The summed E-state index contributed by atoms with van der Waals surface area (Å²) in [6.07, 6.45) is 2.44. The van der Waals surface area contributed by atoms with Crippen LogP contribution in [-0.4, -0.2) is 94.9 Å². The minimum Gasteiger partial charge on any atom is -0.484 e. The molecule has 1 aromatic rings. The Morgan fingerprint density at radius 1 is 1.15 bits per heavy atom. The molecule has 2 heterocycles. The summed E-state index contributed by atoms with van der Waals surface area (Å²) in [6, 6.07) is 7.21. The van der Waals surface area contributed by atoms with E-state index in [9.17, 15) is 19.2 Å². The summed E-state index contributed by atoms with van der Waals surface area (Å²) in [6.45, 7) is 3.37. The first-order chi connectivity index (χ1) is 18.9. The molecular formula is C28H41N3O8. The Morgan fingerprint density at radius 3 is 2.69 bits per heavy atom. The zero-order valence-electron chi connectivity index (χ0n) is 23.0. The average molecular weight is 548 g/mol. The molecule has 3 amide bonds. The number of carbonyl (C=O) groups excluding carboxylic acids is 4. The van der Waals surface area contributed by atoms with Gasteiger partial charge in [-0.25, -0.2) is 0 Å². The van der Waals surface area contributed by atoms with Gasteiger partial charge in [-0.1, -0.05) is 12.1 Å². The molecule has 0 radical (unpaired) electrons. The highest BCUT2D eigenvalue weighted by molar-refractivity contribution is 5.87. The first kappa shape index (κ1) is 30.4. The zero-order valence-corrected chi connectivity index (χ0v) is 23.0. The van der Waals surface area contributed by atoms with Crippen LogP contribution in [0.5, 0.6) is 5.75 Å². The first-order valence-corrected chi connectivity index (χ1v) is 13.6. The van der Waals surface area contributed by atoms with E-state index in [4.69, 9.17) is 18.9 Å². The molecule has 216 valence electrons. The Balaban J connectivity index is 1.89. The molecule has 0 aromatic heterocycles. The number of methoxy groups -OCH3 is 1. The number of hydrogen-bond donors (Lipinski definition) is 2. The van der Waals surface area contributed by atoms with Gasteiger partial charge in [-0.3, -0.25) is 19.2 Å². The van der Waals surface area contributed by atoms with Crippen molar-refractivity contribution in [1.82, 2.24) is 15.5 Å². The van der Waals surface area contributed by atoms with Crippen molar-refractivity contribution in [2.75, 3.05) is 66.3 Å². The third kappa shape index (κ3) is 9.21. The lowest BCUT2D eigenvalue weighted by molar-refractivity contribution is -0.156. The van der Waals surface area contributed by atoms with E-state index in [1.54, 1.807) is 32.2 Å². The molecule has 1 aromatic carbocycles. The zero-order chi connectivity index (χ0) is 28.1. The lowest BCUT2D eigenvalue weighted by Crippen LogP contribution is -2.50. The van der Waals surface area contributed by atoms with Gasteiger partial charge in [0.2, 0.25) is 11.8 Å². The Hall–Kier alpha value is -3.18. The minimum absolute atomic E-state index is 0.0372. The topological polar surface area (TPSA) is 132 Å². The van der Waals surface area contributed by atoms with Crippen molar-refractivity contribution in [3.8, 4) is 5.75 Å². The molecule has 1 saturated heterocycles. The monoisotopic (exact) mass is 547 g/mol. The molecule has 11 heteroatoms. The van der Waals surface area contributed by atoms with E-state index < -0.39 is 11.4 Å². The molecule has 0 spiro atoms. The molecule has 2 bridgehead atoms. The van der Waals surface area contributed by atoms with Gasteiger partial charge in [0, 0.05) is 52.5 Å². The smallest absolute Gasteiger partial charge is 0.314 e. The SMILES string of the molecule is CCOC(=O)C1(CCCOC)CNC(=O)CN(C(=O)C2CCOCC2)CCNC(=O)COc2cccc(c2)C1.